The van der Waals surface area contributed by atoms with Gasteiger partial charge in [-0.05, 0) is 30.5 Å². The van der Waals surface area contributed by atoms with Crippen LogP contribution in [0.15, 0.2) is 18.2 Å². The molecule has 21 heavy (non-hydrogen) atoms. The first kappa shape index (κ1) is 15.7. The van der Waals surface area contributed by atoms with Gasteiger partial charge in [0.2, 0.25) is 0 Å². The highest BCUT2D eigenvalue weighted by molar-refractivity contribution is 7.18. The molecule has 1 atom stereocenters. The summed E-state index contributed by atoms with van der Waals surface area (Å²) in [6.45, 7) is 4.49. The van der Waals surface area contributed by atoms with Gasteiger partial charge < -0.3 is 9.84 Å². The molecule has 1 heterocycles. The second kappa shape index (κ2) is 6.87. The standard InChI is InChI=1S/C15H20N2O3S/c1-9(2)6-12(15(18)19)16-8-14-17-11-5-4-10(20-3)7-13(11)21-14/h4-5,7,9,12,16H,6,8H2,1-3H3,(H,18,19). The number of carboxylic acid groups (broad SMARTS) is 1. The highest BCUT2D eigenvalue weighted by atomic mass is 32.1. The number of benzene rings is 1. The summed E-state index contributed by atoms with van der Waals surface area (Å²) >= 11 is 1.55. The van der Waals surface area contributed by atoms with Crippen LogP contribution < -0.4 is 10.1 Å². The van der Waals surface area contributed by atoms with Gasteiger partial charge in [-0.15, -0.1) is 11.3 Å². The predicted octanol–water partition coefficient (Wildman–Crippen LogP) is 2.89. The Morgan fingerprint density at radius 3 is 2.86 bits per heavy atom. The van der Waals surface area contributed by atoms with Crippen molar-refractivity contribution in [3.63, 3.8) is 0 Å². The van der Waals surface area contributed by atoms with Gasteiger partial charge in [0.1, 0.15) is 16.8 Å². The largest absolute Gasteiger partial charge is 0.497 e. The number of aromatic nitrogens is 1. The predicted molar refractivity (Wildman–Crippen MR) is 83.9 cm³/mol. The van der Waals surface area contributed by atoms with E-state index in [-0.39, 0.29) is 0 Å². The lowest BCUT2D eigenvalue weighted by Gasteiger charge is -2.15. The third-order valence-electron chi connectivity index (χ3n) is 3.14. The Morgan fingerprint density at radius 1 is 1.48 bits per heavy atom. The number of carbonyl (C=O) groups is 1. The lowest BCUT2D eigenvalue weighted by molar-refractivity contribution is -0.140. The molecule has 0 aliphatic rings. The maximum atomic E-state index is 11.2. The number of carboxylic acids is 1. The van der Waals surface area contributed by atoms with Crippen molar-refractivity contribution in [3.05, 3.63) is 23.2 Å². The van der Waals surface area contributed by atoms with E-state index in [1.54, 1.807) is 18.4 Å². The summed E-state index contributed by atoms with van der Waals surface area (Å²) < 4.78 is 6.23. The van der Waals surface area contributed by atoms with Gasteiger partial charge in [0.25, 0.3) is 0 Å². The number of hydrogen-bond donors (Lipinski definition) is 2. The monoisotopic (exact) mass is 308 g/mol. The molecule has 0 bridgehead atoms. The zero-order valence-corrected chi connectivity index (χ0v) is 13.2. The fourth-order valence-corrected chi connectivity index (χ4v) is 3.06. The van der Waals surface area contributed by atoms with E-state index in [9.17, 15) is 9.90 Å². The quantitative estimate of drug-likeness (QED) is 0.823. The Morgan fingerprint density at radius 2 is 2.24 bits per heavy atom. The van der Waals surface area contributed by atoms with Crippen molar-refractivity contribution < 1.29 is 14.6 Å². The highest BCUT2D eigenvalue weighted by Crippen LogP contribution is 2.26. The van der Waals surface area contributed by atoms with E-state index in [1.165, 1.54) is 0 Å². The first-order chi connectivity index (χ1) is 9.99. The molecule has 114 valence electrons. The highest BCUT2D eigenvalue weighted by Gasteiger charge is 2.18. The molecule has 1 aromatic carbocycles. The molecule has 2 aromatic rings. The zero-order valence-electron chi connectivity index (χ0n) is 12.4. The SMILES string of the molecule is COc1ccc2nc(CNC(CC(C)C)C(=O)O)sc2c1. The van der Waals surface area contributed by atoms with Crippen LogP contribution in [0.2, 0.25) is 0 Å². The zero-order chi connectivity index (χ0) is 15.4. The lowest BCUT2D eigenvalue weighted by atomic mass is 10.0. The molecular formula is C15H20N2O3S. The Kier molecular flexibility index (Phi) is 5.14. The van der Waals surface area contributed by atoms with Gasteiger partial charge in [-0.2, -0.15) is 0 Å². The number of thiazole rings is 1. The van der Waals surface area contributed by atoms with Crippen molar-refractivity contribution in [2.24, 2.45) is 5.92 Å². The number of nitrogens with one attached hydrogen (secondary N) is 1. The van der Waals surface area contributed by atoms with E-state index >= 15 is 0 Å². The summed E-state index contributed by atoms with van der Waals surface area (Å²) in [6, 6.07) is 5.19. The topological polar surface area (TPSA) is 71.5 Å². The Bertz CT molecular complexity index is 624. The van der Waals surface area contributed by atoms with Crippen LogP contribution in [0, 0.1) is 5.92 Å². The molecule has 0 spiro atoms. The number of methoxy groups -OCH3 is 1. The fourth-order valence-electron chi connectivity index (χ4n) is 2.11. The van der Waals surface area contributed by atoms with Crippen LogP contribution in [0.5, 0.6) is 5.75 Å². The van der Waals surface area contributed by atoms with E-state index in [0.717, 1.165) is 21.0 Å². The van der Waals surface area contributed by atoms with Gasteiger partial charge in [-0.1, -0.05) is 13.8 Å². The maximum absolute atomic E-state index is 11.2. The molecule has 1 aromatic heterocycles. The lowest BCUT2D eigenvalue weighted by Crippen LogP contribution is -2.37. The van der Waals surface area contributed by atoms with Crippen LogP contribution in [0.1, 0.15) is 25.3 Å². The fraction of sp³-hybridized carbons (Fsp3) is 0.467. The van der Waals surface area contributed by atoms with Crippen LogP contribution in [-0.4, -0.2) is 29.2 Å². The number of hydrogen-bond acceptors (Lipinski definition) is 5. The van der Waals surface area contributed by atoms with Crippen molar-refractivity contribution in [2.45, 2.75) is 32.9 Å². The Balaban J connectivity index is 2.06. The van der Waals surface area contributed by atoms with Gasteiger partial charge in [0.05, 0.1) is 17.3 Å². The smallest absolute Gasteiger partial charge is 0.320 e. The third-order valence-corrected chi connectivity index (χ3v) is 4.16. The first-order valence-electron chi connectivity index (χ1n) is 6.89. The van der Waals surface area contributed by atoms with E-state index < -0.39 is 12.0 Å². The van der Waals surface area contributed by atoms with Crippen molar-refractivity contribution in [1.82, 2.24) is 10.3 Å². The van der Waals surface area contributed by atoms with Crippen molar-refractivity contribution >= 4 is 27.5 Å². The minimum atomic E-state index is -0.813. The molecule has 0 amide bonds. The number of nitrogens with zero attached hydrogens (tertiary/aromatic N) is 1. The van der Waals surface area contributed by atoms with Crippen LogP contribution >= 0.6 is 11.3 Å². The second-order valence-corrected chi connectivity index (χ2v) is 6.46. The Labute approximate surface area is 128 Å². The number of fused-ring (bicyclic) bond motifs is 1. The maximum Gasteiger partial charge on any atom is 0.320 e. The molecule has 6 heteroatoms. The van der Waals surface area contributed by atoms with E-state index in [0.29, 0.717) is 18.9 Å². The second-order valence-electron chi connectivity index (χ2n) is 5.34. The van der Waals surface area contributed by atoms with Gasteiger partial charge in [-0.25, -0.2) is 4.98 Å². The third kappa shape index (κ3) is 4.15. The first-order valence-corrected chi connectivity index (χ1v) is 7.71. The number of aliphatic carboxylic acids is 1. The minimum Gasteiger partial charge on any atom is -0.497 e. The Hall–Kier alpha value is -1.66. The van der Waals surface area contributed by atoms with Crippen LogP contribution in [-0.2, 0) is 11.3 Å². The molecule has 0 radical (unpaired) electrons. The van der Waals surface area contributed by atoms with Gasteiger partial charge >= 0.3 is 5.97 Å². The molecule has 2 N–H and O–H groups in total. The van der Waals surface area contributed by atoms with Gasteiger partial charge in [0, 0.05) is 6.54 Å². The minimum absolute atomic E-state index is 0.332. The molecule has 0 fully saturated rings. The van der Waals surface area contributed by atoms with Crippen molar-refractivity contribution in [1.29, 1.82) is 0 Å². The molecule has 0 aliphatic heterocycles. The normalized spacial score (nSPS) is 12.8. The summed E-state index contributed by atoms with van der Waals surface area (Å²) in [5.74, 6) is 0.318. The molecule has 0 aliphatic carbocycles. The summed E-state index contributed by atoms with van der Waals surface area (Å²) in [7, 11) is 1.63. The molecule has 0 saturated heterocycles. The van der Waals surface area contributed by atoms with Gasteiger partial charge in [-0.3, -0.25) is 10.1 Å². The van der Waals surface area contributed by atoms with Crippen molar-refractivity contribution in [3.8, 4) is 5.75 Å². The van der Waals surface area contributed by atoms with E-state index in [4.69, 9.17) is 4.74 Å². The van der Waals surface area contributed by atoms with Crippen LogP contribution in [0.4, 0.5) is 0 Å². The van der Waals surface area contributed by atoms with Crippen molar-refractivity contribution in [2.75, 3.05) is 7.11 Å². The summed E-state index contributed by atoms with van der Waals surface area (Å²) in [5.41, 5.74) is 0.910. The number of ether oxygens (including phenoxy) is 1. The average molecular weight is 308 g/mol. The van der Waals surface area contributed by atoms with Gasteiger partial charge in [0.15, 0.2) is 0 Å². The van der Waals surface area contributed by atoms with E-state index in [2.05, 4.69) is 10.3 Å². The molecule has 5 nitrogen and oxygen atoms in total. The number of rotatable bonds is 7. The van der Waals surface area contributed by atoms with E-state index in [1.807, 2.05) is 32.0 Å². The average Bonchev–Trinajstić information content (AvgIpc) is 2.84. The molecular weight excluding hydrogens is 288 g/mol. The summed E-state index contributed by atoms with van der Waals surface area (Å²) in [5, 5.41) is 13.2. The molecule has 2 rings (SSSR count). The molecule has 0 saturated carbocycles. The summed E-state index contributed by atoms with van der Waals surface area (Å²) in [4.78, 5) is 15.7. The van der Waals surface area contributed by atoms with Crippen LogP contribution in [0.3, 0.4) is 0 Å². The van der Waals surface area contributed by atoms with Crippen LogP contribution in [0.25, 0.3) is 10.2 Å². The summed E-state index contributed by atoms with van der Waals surface area (Å²) in [6.07, 6.45) is 0.605. The molecule has 1 unspecified atom stereocenters.